The molecule has 142 valence electrons. The molecule has 3 aromatic heterocycles. The third-order valence-electron chi connectivity index (χ3n) is 4.97. The lowest BCUT2D eigenvalue weighted by Gasteiger charge is -2.05. The van der Waals surface area contributed by atoms with Crippen molar-refractivity contribution in [2.24, 2.45) is 0 Å². The Bertz CT molecular complexity index is 1220. The molecule has 1 aliphatic rings. The summed E-state index contributed by atoms with van der Waals surface area (Å²) in [4.78, 5) is 20.9. The molecule has 6 heteroatoms. The normalized spacial score (nSPS) is 13.8. The number of amides is 1. The number of carbonyl (C=O) groups is 1. The first-order valence-electron chi connectivity index (χ1n) is 9.59. The topological polar surface area (TPSA) is 72.7 Å². The predicted octanol–water partition coefficient (Wildman–Crippen LogP) is 4.48. The molecule has 0 spiro atoms. The highest BCUT2D eigenvalue weighted by Crippen LogP contribution is 2.35. The number of anilines is 1. The number of fused-ring (bicyclic) bond motifs is 1. The van der Waals surface area contributed by atoms with E-state index in [0.29, 0.717) is 11.7 Å². The summed E-state index contributed by atoms with van der Waals surface area (Å²) in [6, 6.07) is 12.0. The maximum atomic E-state index is 12.4. The number of nitrogens with zero attached hydrogens (tertiary/aromatic N) is 4. The molecule has 0 bridgehead atoms. The lowest BCUT2D eigenvalue weighted by atomic mass is 10.0. The highest BCUT2D eigenvalue weighted by Gasteiger charge is 2.24. The maximum absolute atomic E-state index is 12.4. The van der Waals surface area contributed by atoms with Gasteiger partial charge in [-0.15, -0.1) is 0 Å². The van der Waals surface area contributed by atoms with E-state index in [1.54, 1.807) is 24.7 Å². The number of pyridine rings is 2. The molecule has 1 N–H and O–H groups in total. The Morgan fingerprint density at radius 3 is 2.97 bits per heavy atom. The summed E-state index contributed by atoms with van der Waals surface area (Å²) in [6.07, 6.45) is 14.9. The molecule has 0 unspecified atom stereocenters. The Morgan fingerprint density at radius 1 is 1.14 bits per heavy atom. The fraction of sp³-hybridized carbons (Fsp3) is 0.130. The molecule has 0 saturated heterocycles. The quantitative estimate of drug-likeness (QED) is 0.517. The van der Waals surface area contributed by atoms with Gasteiger partial charge in [-0.1, -0.05) is 12.1 Å². The van der Waals surface area contributed by atoms with Crippen LogP contribution in [0.15, 0.2) is 73.5 Å². The van der Waals surface area contributed by atoms with Gasteiger partial charge in [-0.2, -0.15) is 5.10 Å². The molecule has 1 aliphatic carbocycles. The molecular weight excluding hydrogens is 362 g/mol. The van der Waals surface area contributed by atoms with Crippen LogP contribution < -0.4 is 5.32 Å². The summed E-state index contributed by atoms with van der Waals surface area (Å²) >= 11 is 0. The van der Waals surface area contributed by atoms with Crippen molar-refractivity contribution in [1.82, 2.24) is 19.7 Å². The minimum atomic E-state index is -0.205. The maximum Gasteiger partial charge on any atom is 0.248 e. The second-order valence-corrected chi connectivity index (χ2v) is 7.14. The van der Waals surface area contributed by atoms with Crippen LogP contribution in [0.25, 0.3) is 28.1 Å². The Labute approximate surface area is 167 Å². The van der Waals surface area contributed by atoms with Crippen LogP contribution in [0.3, 0.4) is 0 Å². The second kappa shape index (κ2) is 7.31. The molecule has 1 aromatic carbocycles. The molecule has 3 heterocycles. The summed E-state index contributed by atoms with van der Waals surface area (Å²) in [5.41, 5.74) is 4.46. The van der Waals surface area contributed by atoms with Crippen molar-refractivity contribution >= 4 is 28.6 Å². The van der Waals surface area contributed by atoms with Crippen LogP contribution in [0.2, 0.25) is 0 Å². The fourth-order valence-corrected chi connectivity index (χ4v) is 3.31. The van der Waals surface area contributed by atoms with Gasteiger partial charge >= 0.3 is 0 Å². The van der Waals surface area contributed by atoms with Gasteiger partial charge in [-0.05, 0) is 48.7 Å². The number of hydrogen-bond donors (Lipinski definition) is 1. The summed E-state index contributed by atoms with van der Waals surface area (Å²) in [7, 11) is 0. The van der Waals surface area contributed by atoms with Crippen LogP contribution >= 0.6 is 0 Å². The van der Waals surface area contributed by atoms with E-state index < -0.39 is 0 Å². The molecule has 1 fully saturated rings. The average Bonchev–Trinajstić information content (AvgIpc) is 3.49. The zero-order valence-corrected chi connectivity index (χ0v) is 15.7. The first-order valence-corrected chi connectivity index (χ1v) is 9.59. The number of nitrogens with one attached hydrogen (secondary N) is 1. The van der Waals surface area contributed by atoms with Gasteiger partial charge in [0.2, 0.25) is 5.91 Å². The van der Waals surface area contributed by atoms with E-state index in [1.807, 2.05) is 47.3 Å². The number of aromatic nitrogens is 4. The van der Waals surface area contributed by atoms with Crippen molar-refractivity contribution < 1.29 is 4.79 Å². The first-order chi connectivity index (χ1) is 14.3. The van der Waals surface area contributed by atoms with Crippen LogP contribution in [-0.4, -0.2) is 25.7 Å². The zero-order chi connectivity index (χ0) is 19.6. The smallest absolute Gasteiger partial charge is 0.248 e. The van der Waals surface area contributed by atoms with Gasteiger partial charge in [0.25, 0.3) is 0 Å². The number of rotatable bonds is 5. The Balaban J connectivity index is 1.34. The Kier molecular flexibility index (Phi) is 4.37. The summed E-state index contributed by atoms with van der Waals surface area (Å²) < 4.78 is 2.02. The fourth-order valence-electron chi connectivity index (χ4n) is 3.31. The van der Waals surface area contributed by atoms with Crippen molar-refractivity contribution in [2.45, 2.75) is 18.9 Å². The molecule has 1 saturated carbocycles. The minimum Gasteiger partial charge on any atom is -0.322 e. The third-order valence-corrected chi connectivity index (χ3v) is 4.97. The van der Waals surface area contributed by atoms with Crippen LogP contribution in [0.1, 0.15) is 24.4 Å². The highest BCUT2D eigenvalue weighted by atomic mass is 16.1. The van der Waals surface area contributed by atoms with Gasteiger partial charge < -0.3 is 5.32 Å². The van der Waals surface area contributed by atoms with Gasteiger partial charge in [0.05, 0.1) is 17.8 Å². The van der Waals surface area contributed by atoms with Crippen molar-refractivity contribution in [3.05, 3.63) is 79.0 Å². The molecule has 0 radical (unpaired) electrons. The molecule has 29 heavy (non-hydrogen) atoms. The van der Waals surface area contributed by atoms with E-state index in [1.165, 1.54) is 18.9 Å². The van der Waals surface area contributed by atoms with Crippen molar-refractivity contribution in [1.29, 1.82) is 0 Å². The van der Waals surface area contributed by atoms with Gasteiger partial charge in [-0.3, -0.25) is 19.4 Å². The Hall–Kier alpha value is -3.80. The largest absolute Gasteiger partial charge is 0.322 e. The Morgan fingerprint density at radius 2 is 2.07 bits per heavy atom. The van der Waals surface area contributed by atoms with Crippen LogP contribution in [0.4, 0.5) is 5.69 Å². The monoisotopic (exact) mass is 381 g/mol. The van der Waals surface area contributed by atoms with Gasteiger partial charge in [0.1, 0.15) is 0 Å². The summed E-state index contributed by atoms with van der Waals surface area (Å²) in [5.74, 6) is -0.205. The van der Waals surface area contributed by atoms with Crippen LogP contribution in [0.5, 0.6) is 0 Å². The van der Waals surface area contributed by atoms with Gasteiger partial charge in [0.15, 0.2) is 0 Å². The standard InChI is InChI=1S/C23H19N5O/c29-23(27-19-5-3-16-2-1-10-25-22(16)12-19)8-4-17-13-24-11-9-21(17)18-14-26-28(15-18)20-6-7-20/h1-5,8-15,20H,6-7H2,(H,27,29)/b8-4+. The zero-order valence-electron chi connectivity index (χ0n) is 15.7. The molecule has 0 atom stereocenters. The minimum absolute atomic E-state index is 0.205. The molecule has 4 aromatic rings. The van der Waals surface area contributed by atoms with E-state index in [-0.39, 0.29) is 5.91 Å². The van der Waals surface area contributed by atoms with Gasteiger partial charge in [-0.25, -0.2) is 0 Å². The van der Waals surface area contributed by atoms with E-state index >= 15 is 0 Å². The lowest BCUT2D eigenvalue weighted by molar-refractivity contribution is -0.111. The van der Waals surface area contributed by atoms with E-state index in [2.05, 4.69) is 26.6 Å². The SMILES string of the molecule is O=C(/C=C/c1cnccc1-c1cnn(C2CC2)c1)Nc1ccc2cccnc2c1. The summed E-state index contributed by atoms with van der Waals surface area (Å²) in [5, 5.41) is 8.38. The first kappa shape index (κ1) is 17.3. The molecular formula is C23H19N5O. The lowest BCUT2D eigenvalue weighted by Crippen LogP contribution is -2.07. The number of benzene rings is 1. The number of hydrogen-bond acceptors (Lipinski definition) is 4. The number of carbonyl (C=O) groups excluding carboxylic acids is 1. The molecule has 1 amide bonds. The third kappa shape index (κ3) is 3.78. The average molecular weight is 381 g/mol. The highest BCUT2D eigenvalue weighted by molar-refractivity contribution is 6.03. The van der Waals surface area contributed by atoms with Crippen LogP contribution in [0, 0.1) is 0 Å². The molecule has 0 aliphatic heterocycles. The van der Waals surface area contributed by atoms with Crippen molar-refractivity contribution in [3.63, 3.8) is 0 Å². The van der Waals surface area contributed by atoms with Crippen molar-refractivity contribution in [3.8, 4) is 11.1 Å². The molecule has 6 nitrogen and oxygen atoms in total. The van der Waals surface area contributed by atoms with E-state index in [9.17, 15) is 4.79 Å². The van der Waals surface area contributed by atoms with Crippen molar-refractivity contribution in [2.75, 3.05) is 5.32 Å². The summed E-state index contributed by atoms with van der Waals surface area (Å²) in [6.45, 7) is 0. The van der Waals surface area contributed by atoms with Gasteiger partial charge in [0, 0.05) is 53.1 Å². The van der Waals surface area contributed by atoms with E-state index in [0.717, 1.165) is 27.6 Å². The predicted molar refractivity (Wildman–Crippen MR) is 113 cm³/mol. The second-order valence-electron chi connectivity index (χ2n) is 7.14. The van der Waals surface area contributed by atoms with Crippen LogP contribution in [-0.2, 0) is 4.79 Å². The van der Waals surface area contributed by atoms with E-state index in [4.69, 9.17) is 0 Å². The molecule has 5 rings (SSSR count).